The third kappa shape index (κ3) is 3.58. The quantitative estimate of drug-likeness (QED) is 0.712. The van der Waals surface area contributed by atoms with E-state index in [1.165, 1.54) is 19.1 Å². The van der Waals surface area contributed by atoms with Crippen LogP contribution in [0.25, 0.3) is 0 Å². The Bertz CT molecular complexity index is 266. The molecule has 0 saturated carbocycles. The molecule has 0 radical (unpaired) electrons. The molecule has 1 rings (SSSR count). The molecule has 4 heteroatoms. The summed E-state index contributed by atoms with van der Waals surface area (Å²) >= 11 is 0. The molecule has 84 valence electrons. The molecule has 0 amide bonds. The highest BCUT2D eigenvalue weighted by Gasteiger charge is 2.27. The van der Waals surface area contributed by atoms with Gasteiger partial charge in [-0.1, -0.05) is 13.8 Å². The molecule has 1 aliphatic heterocycles. The first-order valence-electron chi connectivity index (χ1n) is 5.32. The highest BCUT2D eigenvalue weighted by molar-refractivity contribution is 7.90. The van der Waals surface area contributed by atoms with Crippen molar-refractivity contribution in [2.45, 2.75) is 32.7 Å². The van der Waals surface area contributed by atoms with Crippen molar-refractivity contribution in [3.8, 4) is 0 Å². The minimum Gasteiger partial charge on any atom is -0.299 e. The highest BCUT2D eigenvalue weighted by Crippen LogP contribution is 2.18. The summed E-state index contributed by atoms with van der Waals surface area (Å²) in [5.74, 6) is 0.729. The molecule has 0 N–H and O–H groups in total. The van der Waals surface area contributed by atoms with Crippen LogP contribution in [0.15, 0.2) is 0 Å². The van der Waals surface area contributed by atoms with Crippen LogP contribution in [0.2, 0.25) is 0 Å². The lowest BCUT2D eigenvalue weighted by atomic mass is 10.1. The molecule has 1 unspecified atom stereocenters. The minimum absolute atomic E-state index is 0.215. The molecule has 3 nitrogen and oxygen atoms in total. The van der Waals surface area contributed by atoms with Gasteiger partial charge in [-0.3, -0.25) is 4.90 Å². The zero-order chi connectivity index (χ0) is 10.8. The summed E-state index contributed by atoms with van der Waals surface area (Å²) in [6, 6.07) is 0.215. The second-order valence-corrected chi connectivity index (χ2v) is 6.83. The minimum atomic E-state index is -2.85. The van der Waals surface area contributed by atoms with E-state index in [1.807, 2.05) is 0 Å². The molecular formula is C10H21NO2S. The van der Waals surface area contributed by atoms with Gasteiger partial charge in [-0.25, -0.2) is 8.42 Å². The third-order valence-electron chi connectivity index (χ3n) is 2.85. The number of likely N-dealkylation sites (tertiary alicyclic amines) is 1. The molecule has 1 fully saturated rings. The van der Waals surface area contributed by atoms with Crippen molar-refractivity contribution in [3.63, 3.8) is 0 Å². The van der Waals surface area contributed by atoms with E-state index in [2.05, 4.69) is 18.7 Å². The molecular weight excluding hydrogens is 198 g/mol. The number of nitrogens with zero attached hydrogens (tertiary/aromatic N) is 1. The molecule has 0 aromatic heterocycles. The van der Waals surface area contributed by atoms with Gasteiger partial charge in [-0.2, -0.15) is 0 Å². The van der Waals surface area contributed by atoms with Crippen molar-refractivity contribution in [2.24, 2.45) is 5.92 Å². The fourth-order valence-electron chi connectivity index (χ4n) is 2.10. The molecule has 0 aromatic rings. The highest BCUT2D eigenvalue weighted by atomic mass is 32.2. The normalized spacial score (nSPS) is 21.7. The molecule has 0 spiro atoms. The van der Waals surface area contributed by atoms with E-state index in [0.717, 1.165) is 13.1 Å². The van der Waals surface area contributed by atoms with Crippen molar-refractivity contribution in [1.82, 2.24) is 4.90 Å². The predicted octanol–water partition coefficient (Wildman–Crippen LogP) is 1.15. The maximum atomic E-state index is 11.3. The van der Waals surface area contributed by atoms with Crippen molar-refractivity contribution < 1.29 is 8.42 Å². The van der Waals surface area contributed by atoms with Gasteiger partial charge in [-0.05, 0) is 31.8 Å². The Hall–Kier alpha value is -0.0900. The lowest BCUT2D eigenvalue weighted by Gasteiger charge is -2.30. The van der Waals surface area contributed by atoms with Crippen LogP contribution in [-0.2, 0) is 9.84 Å². The van der Waals surface area contributed by atoms with Crippen LogP contribution >= 0.6 is 0 Å². The number of sulfone groups is 1. The second-order valence-electron chi connectivity index (χ2n) is 4.65. The zero-order valence-corrected chi connectivity index (χ0v) is 10.2. The van der Waals surface area contributed by atoms with Crippen molar-refractivity contribution in [3.05, 3.63) is 0 Å². The van der Waals surface area contributed by atoms with Crippen LogP contribution in [0.5, 0.6) is 0 Å². The van der Waals surface area contributed by atoms with E-state index in [0.29, 0.717) is 11.7 Å². The van der Waals surface area contributed by atoms with Gasteiger partial charge in [0.05, 0.1) is 5.75 Å². The summed E-state index contributed by atoms with van der Waals surface area (Å²) in [5.41, 5.74) is 0. The van der Waals surface area contributed by atoms with E-state index < -0.39 is 9.84 Å². The first-order chi connectivity index (χ1) is 6.40. The molecule has 1 aliphatic rings. The number of hydrogen-bond acceptors (Lipinski definition) is 3. The predicted molar refractivity (Wildman–Crippen MR) is 59.1 cm³/mol. The standard InChI is InChI=1S/C10H21NO2S/c1-9(2)10(8-14(3,12)13)11-6-4-5-7-11/h9-10H,4-8H2,1-3H3. The molecule has 1 atom stereocenters. The fraction of sp³-hybridized carbons (Fsp3) is 1.00. The van der Waals surface area contributed by atoms with Gasteiger partial charge < -0.3 is 0 Å². The van der Waals surface area contributed by atoms with Gasteiger partial charge in [0.1, 0.15) is 9.84 Å². The SMILES string of the molecule is CC(C)C(CS(C)(=O)=O)N1CCCC1. The fourth-order valence-corrected chi connectivity index (χ4v) is 3.32. The molecule has 0 aliphatic carbocycles. The van der Waals surface area contributed by atoms with Crippen molar-refractivity contribution in [1.29, 1.82) is 0 Å². The van der Waals surface area contributed by atoms with Crippen LogP contribution < -0.4 is 0 Å². The summed E-state index contributed by atoms with van der Waals surface area (Å²) < 4.78 is 22.6. The van der Waals surface area contributed by atoms with Crippen molar-refractivity contribution >= 4 is 9.84 Å². The largest absolute Gasteiger partial charge is 0.299 e. The van der Waals surface area contributed by atoms with Gasteiger partial charge in [0.15, 0.2) is 0 Å². The Morgan fingerprint density at radius 2 is 1.71 bits per heavy atom. The smallest absolute Gasteiger partial charge is 0.149 e. The van der Waals surface area contributed by atoms with Crippen LogP contribution in [0.1, 0.15) is 26.7 Å². The summed E-state index contributed by atoms with van der Waals surface area (Å²) in [6.07, 6.45) is 3.76. The van der Waals surface area contributed by atoms with Crippen LogP contribution in [0.4, 0.5) is 0 Å². The maximum Gasteiger partial charge on any atom is 0.149 e. The van der Waals surface area contributed by atoms with E-state index in [4.69, 9.17) is 0 Å². The number of rotatable bonds is 4. The Kier molecular flexibility index (Phi) is 3.95. The zero-order valence-electron chi connectivity index (χ0n) is 9.36. The van der Waals surface area contributed by atoms with Gasteiger partial charge >= 0.3 is 0 Å². The summed E-state index contributed by atoms with van der Waals surface area (Å²) in [4.78, 5) is 2.33. The summed E-state index contributed by atoms with van der Waals surface area (Å²) in [7, 11) is -2.85. The molecule has 1 heterocycles. The van der Waals surface area contributed by atoms with E-state index >= 15 is 0 Å². The monoisotopic (exact) mass is 219 g/mol. The lowest BCUT2D eigenvalue weighted by Crippen LogP contribution is -2.41. The van der Waals surface area contributed by atoms with Gasteiger partial charge in [0.2, 0.25) is 0 Å². The van der Waals surface area contributed by atoms with E-state index in [-0.39, 0.29) is 6.04 Å². The molecule has 0 bridgehead atoms. The average molecular weight is 219 g/mol. The number of hydrogen-bond donors (Lipinski definition) is 0. The Morgan fingerprint density at radius 3 is 2.07 bits per heavy atom. The van der Waals surface area contributed by atoms with Gasteiger partial charge in [0, 0.05) is 12.3 Å². The topological polar surface area (TPSA) is 37.4 Å². The van der Waals surface area contributed by atoms with Gasteiger partial charge in [-0.15, -0.1) is 0 Å². The Labute approximate surface area is 87.4 Å². The average Bonchev–Trinajstić information content (AvgIpc) is 2.49. The Morgan fingerprint density at radius 1 is 1.21 bits per heavy atom. The van der Waals surface area contributed by atoms with Crippen molar-refractivity contribution in [2.75, 3.05) is 25.1 Å². The first-order valence-corrected chi connectivity index (χ1v) is 7.38. The van der Waals surface area contributed by atoms with Crippen LogP contribution in [0, 0.1) is 5.92 Å². The molecule has 0 aromatic carbocycles. The maximum absolute atomic E-state index is 11.3. The van der Waals surface area contributed by atoms with Crippen LogP contribution in [0.3, 0.4) is 0 Å². The van der Waals surface area contributed by atoms with E-state index in [9.17, 15) is 8.42 Å². The van der Waals surface area contributed by atoms with Crippen LogP contribution in [-0.4, -0.2) is 44.5 Å². The molecule has 1 saturated heterocycles. The Balaban J connectivity index is 2.64. The van der Waals surface area contributed by atoms with Gasteiger partial charge in [0.25, 0.3) is 0 Å². The first kappa shape index (κ1) is 12.0. The van der Waals surface area contributed by atoms with E-state index in [1.54, 1.807) is 0 Å². The second kappa shape index (κ2) is 4.62. The third-order valence-corrected chi connectivity index (χ3v) is 3.80. The summed E-state index contributed by atoms with van der Waals surface area (Å²) in [5, 5.41) is 0. The summed E-state index contributed by atoms with van der Waals surface area (Å²) in [6.45, 7) is 6.35. The molecule has 14 heavy (non-hydrogen) atoms. The lowest BCUT2D eigenvalue weighted by molar-refractivity contribution is 0.210.